The van der Waals surface area contributed by atoms with Crippen molar-refractivity contribution in [1.82, 2.24) is 0 Å². The van der Waals surface area contributed by atoms with Crippen LogP contribution < -0.4 is 10.2 Å². The maximum atomic E-state index is 12.3. The highest BCUT2D eigenvalue weighted by molar-refractivity contribution is 5.92. The van der Waals surface area contributed by atoms with Crippen molar-refractivity contribution in [1.29, 1.82) is 0 Å². The molecule has 1 saturated carbocycles. The molecule has 1 aliphatic carbocycles. The Morgan fingerprint density at radius 1 is 1.05 bits per heavy atom. The van der Waals surface area contributed by atoms with Crippen LogP contribution in [0.5, 0.6) is 0 Å². The van der Waals surface area contributed by atoms with Gasteiger partial charge in [0.1, 0.15) is 0 Å². The fourth-order valence-electron chi connectivity index (χ4n) is 3.27. The highest BCUT2D eigenvalue weighted by Crippen LogP contribution is 2.25. The second-order valence-corrected chi connectivity index (χ2v) is 6.36. The number of hydrogen-bond acceptors (Lipinski definition) is 2. The molecule has 0 heterocycles. The molecule has 2 rings (SSSR count). The Morgan fingerprint density at radius 3 is 2.18 bits per heavy atom. The molecule has 3 heteroatoms. The molecule has 0 saturated heterocycles. The maximum Gasteiger partial charge on any atom is 0.227 e. The number of rotatable bonds is 7. The lowest BCUT2D eigenvalue weighted by Gasteiger charge is -2.24. The monoisotopic (exact) mass is 302 g/mol. The number of benzene rings is 1. The topological polar surface area (TPSA) is 32.3 Å². The Morgan fingerprint density at radius 2 is 1.64 bits per heavy atom. The van der Waals surface area contributed by atoms with Crippen LogP contribution in [0, 0.1) is 5.92 Å². The minimum absolute atomic E-state index is 0.200. The van der Waals surface area contributed by atoms with Gasteiger partial charge in [-0.05, 0) is 49.9 Å². The summed E-state index contributed by atoms with van der Waals surface area (Å²) in [6.07, 6.45) is 8.07. The number of nitrogens with zero attached hydrogens (tertiary/aromatic N) is 1. The van der Waals surface area contributed by atoms with E-state index in [9.17, 15) is 4.79 Å². The van der Waals surface area contributed by atoms with Gasteiger partial charge < -0.3 is 10.2 Å². The van der Waals surface area contributed by atoms with Crippen LogP contribution in [0.25, 0.3) is 0 Å². The summed E-state index contributed by atoms with van der Waals surface area (Å²) in [7, 11) is 0. The van der Waals surface area contributed by atoms with Crippen molar-refractivity contribution in [3.63, 3.8) is 0 Å². The predicted molar refractivity (Wildman–Crippen MR) is 94.4 cm³/mol. The number of hydrogen-bond donors (Lipinski definition) is 1. The van der Waals surface area contributed by atoms with Gasteiger partial charge in [-0.25, -0.2) is 0 Å². The van der Waals surface area contributed by atoms with E-state index in [0.29, 0.717) is 0 Å². The molecule has 1 N–H and O–H groups in total. The van der Waals surface area contributed by atoms with E-state index in [1.807, 2.05) is 12.1 Å². The van der Waals surface area contributed by atoms with Crippen LogP contribution in [0.4, 0.5) is 11.4 Å². The third-order valence-electron chi connectivity index (χ3n) is 4.46. The molecule has 0 aliphatic heterocycles. The summed E-state index contributed by atoms with van der Waals surface area (Å²) in [5, 5.41) is 3.08. The van der Waals surface area contributed by atoms with Gasteiger partial charge in [-0.2, -0.15) is 0 Å². The van der Waals surface area contributed by atoms with Gasteiger partial charge in [0.05, 0.1) is 0 Å². The molecular formula is C19H30N2O. The zero-order valence-electron chi connectivity index (χ0n) is 14.1. The Kier molecular flexibility index (Phi) is 6.75. The van der Waals surface area contributed by atoms with Gasteiger partial charge in [0.2, 0.25) is 5.91 Å². The van der Waals surface area contributed by atoms with Crippen molar-refractivity contribution < 1.29 is 4.79 Å². The average Bonchev–Trinajstić information content (AvgIpc) is 2.56. The van der Waals surface area contributed by atoms with E-state index in [2.05, 4.69) is 36.2 Å². The van der Waals surface area contributed by atoms with Crippen LogP contribution in [0.1, 0.15) is 58.8 Å². The van der Waals surface area contributed by atoms with Crippen LogP contribution in [0.15, 0.2) is 24.3 Å². The highest BCUT2D eigenvalue weighted by atomic mass is 16.1. The van der Waals surface area contributed by atoms with Gasteiger partial charge in [-0.3, -0.25) is 4.79 Å². The van der Waals surface area contributed by atoms with Gasteiger partial charge >= 0.3 is 0 Å². The van der Waals surface area contributed by atoms with E-state index >= 15 is 0 Å². The molecule has 1 fully saturated rings. The lowest BCUT2D eigenvalue weighted by atomic mass is 9.88. The molecule has 0 bridgehead atoms. The Balaban J connectivity index is 1.94. The summed E-state index contributed by atoms with van der Waals surface area (Å²) in [6, 6.07) is 8.33. The van der Waals surface area contributed by atoms with Crippen molar-refractivity contribution in [2.45, 2.75) is 58.8 Å². The molecule has 1 aromatic rings. The Bertz CT molecular complexity index is 443. The standard InChI is InChI=1S/C19H30N2O/c1-3-14-21(15-4-2)18-12-10-17(11-13-18)20-19(22)16-8-6-5-7-9-16/h10-13,16H,3-9,14-15H2,1-2H3,(H,20,22). The molecule has 22 heavy (non-hydrogen) atoms. The van der Waals surface area contributed by atoms with Crippen LogP contribution >= 0.6 is 0 Å². The van der Waals surface area contributed by atoms with Crippen molar-refractivity contribution in [3.8, 4) is 0 Å². The first kappa shape index (κ1) is 16.9. The minimum Gasteiger partial charge on any atom is -0.372 e. The van der Waals surface area contributed by atoms with Crippen LogP contribution in [-0.2, 0) is 4.79 Å². The molecule has 122 valence electrons. The van der Waals surface area contributed by atoms with Crippen LogP contribution in [0.3, 0.4) is 0 Å². The third-order valence-corrected chi connectivity index (χ3v) is 4.46. The zero-order chi connectivity index (χ0) is 15.8. The summed E-state index contributed by atoms with van der Waals surface area (Å²) in [5.41, 5.74) is 2.17. The molecule has 1 amide bonds. The first-order valence-corrected chi connectivity index (χ1v) is 8.90. The SMILES string of the molecule is CCCN(CCC)c1ccc(NC(=O)C2CCCCC2)cc1. The van der Waals surface area contributed by atoms with E-state index in [4.69, 9.17) is 0 Å². The summed E-state index contributed by atoms with van der Waals surface area (Å²) >= 11 is 0. The molecular weight excluding hydrogens is 272 g/mol. The lowest BCUT2D eigenvalue weighted by Crippen LogP contribution is -2.25. The number of carbonyl (C=O) groups excluding carboxylic acids is 1. The maximum absolute atomic E-state index is 12.3. The van der Waals surface area contributed by atoms with Gasteiger partial charge in [0.15, 0.2) is 0 Å². The quantitative estimate of drug-likeness (QED) is 0.782. The van der Waals surface area contributed by atoms with E-state index in [0.717, 1.165) is 44.5 Å². The van der Waals surface area contributed by atoms with Gasteiger partial charge in [-0.1, -0.05) is 33.1 Å². The van der Waals surface area contributed by atoms with E-state index in [1.165, 1.54) is 24.9 Å². The summed E-state index contributed by atoms with van der Waals surface area (Å²) in [5.74, 6) is 0.413. The van der Waals surface area contributed by atoms with E-state index in [-0.39, 0.29) is 11.8 Å². The first-order valence-electron chi connectivity index (χ1n) is 8.90. The van der Waals surface area contributed by atoms with Gasteiger partial charge in [0.25, 0.3) is 0 Å². The molecule has 0 unspecified atom stereocenters. The number of nitrogens with one attached hydrogen (secondary N) is 1. The van der Waals surface area contributed by atoms with E-state index < -0.39 is 0 Å². The van der Waals surface area contributed by atoms with Crippen LogP contribution in [0.2, 0.25) is 0 Å². The Hall–Kier alpha value is -1.51. The predicted octanol–water partition coefficient (Wildman–Crippen LogP) is 4.83. The van der Waals surface area contributed by atoms with Gasteiger partial charge in [-0.15, -0.1) is 0 Å². The summed E-state index contributed by atoms with van der Waals surface area (Å²) in [6.45, 7) is 6.59. The zero-order valence-corrected chi connectivity index (χ0v) is 14.1. The molecule has 0 atom stereocenters. The van der Waals surface area contributed by atoms with Crippen molar-refractivity contribution in [2.75, 3.05) is 23.3 Å². The fraction of sp³-hybridized carbons (Fsp3) is 0.632. The fourth-order valence-corrected chi connectivity index (χ4v) is 3.27. The number of amides is 1. The van der Waals surface area contributed by atoms with Gasteiger partial charge in [0, 0.05) is 30.4 Å². The normalized spacial score (nSPS) is 15.5. The number of carbonyl (C=O) groups is 1. The average molecular weight is 302 g/mol. The Labute approximate surface area is 135 Å². The molecule has 3 nitrogen and oxygen atoms in total. The highest BCUT2D eigenvalue weighted by Gasteiger charge is 2.20. The third kappa shape index (κ3) is 4.75. The minimum atomic E-state index is 0.200. The van der Waals surface area contributed by atoms with Crippen molar-refractivity contribution >= 4 is 17.3 Å². The largest absolute Gasteiger partial charge is 0.372 e. The smallest absolute Gasteiger partial charge is 0.227 e. The van der Waals surface area contributed by atoms with E-state index in [1.54, 1.807) is 0 Å². The van der Waals surface area contributed by atoms with Crippen LogP contribution in [-0.4, -0.2) is 19.0 Å². The first-order chi connectivity index (χ1) is 10.7. The summed E-state index contributed by atoms with van der Waals surface area (Å²) in [4.78, 5) is 14.7. The molecule has 1 aliphatic rings. The molecule has 0 spiro atoms. The lowest BCUT2D eigenvalue weighted by molar-refractivity contribution is -0.120. The summed E-state index contributed by atoms with van der Waals surface area (Å²) < 4.78 is 0. The van der Waals surface area contributed by atoms with Crippen molar-refractivity contribution in [3.05, 3.63) is 24.3 Å². The van der Waals surface area contributed by atoms with Crippen molar-refractivity contribution in [2.24, 2.45) is 5.92 Å². The molecule has 0 aromatic heterocycles. The molecule has 1 aromatic carbocycles. The number of anilines is 2. The molecule has 0 radical (unpaired) electrons. The second-order valence-electron chi connectivity index (χ2n) is 6.36. The second kappa shape index (κ2) is 8.82.